The van der Waals surface area contributed by atoms with Gasteiger partial charge in [-0.25, -0.2) is 4.98 Å². The van der Waals surface area contributed by atoms with Gasteiger partial charge in [-0.1, -0.05) is 0 Å². The van der Waals surface area contributed by atoms with Crippen molar-refractivity contribution in [3.05, 3.63) is 36.7 Å². The summed E-state index contributed by atoms with van der Waals surface area (Å²) >= 11 is 0. The normalized spacial score (nSPS) is 11.2. The van der Waals surface area contributed by atoms with Crippen LogP contribution in [0.1, 0.15) is 12.7 Å². The molecule has 0 bridgehead atoms. The fourth-order valence-electron chi connectivity index (χ4n) is 2.02. The summed E-state index contributed by atoms with van der Waals surface area (Å²) in [7, 11) is 0. The molecule has 0 saturated heterocycles. The molecule has 1 aromatic carbocycles. The summed E-state index contributed by atoms with van der Waals surface area (Å²) in [6.45, 7) is 3.59. The van der Waals surface area contributed by atoms with Gasteiger partial charge in [-0.3, -0.25) is 0 Å². The molecule has 6 nitrogen and oxygen atoms in total. The van der Waals surface area contributed by atoms with Gasteiger partial charge < -0.3 is 14.9 Å². The maximum absolute atomic E-state index is 5.74. The molecule has 18 heavy (non-hydrogen) atoms. The van der Waals surface area contributed by atoms with E-state index in [1.807, 2.05) is 27.3 Å². The summed E-state index contributed by atoms with van der Waals surface area (Å²) in [5.41, 5.74) is 8.42. The molecule has 0 spiro atoms. The predicted molar refractivity (Wildman–Crippen MR) is 68.9 cm³/mol. The van der Waals surface area contributed by atoms with E-state index in [0.717, 1.165) is 29.1 Å². The molecule has 0 saturated carbocycles. The Hall–Kier alpha value is -2.37. The molecule has 92 valence electrons. The van der Waals surface area contributed by atoms with Gasteiger partial charge in [-0.05, 0) is 25.1 Å². The number of aromatic nitrogens is 5. The Morgan fingerprint density at radius 2 is 2.11 bits per heavy atom. The maximum Gasteiger partial charge on any atom is 0.152 e. The summed E-state index contributed by atoms with van der Waals surface area (Å²) in [5.74, 6) is 0.925. The van der Waals surface area contributed by atoms with E-state index in [1.165, 1.54) is 0 Å². The SMILES string of the molecule is CCn1cnnc1Cn1cnc2cc(N)ccc21. The molecule has 0 aliphatic carbocycles. The number of imidazole rings is 1. The summed E-state index contributed by atoms with van der Waals surface area (Å²) in [6, 6.07) is 5.73. The van der Waals surface area contributed by atoms with Crippen molar-refractivity contribution in [2.45, 2.75) is 20.0 Å². The van der Waals surface area contributed by atoms with Crippen LogP contribution in [0.15, 0.2) is 30.9 Å². The number of fused-ring (bicyclic) bond motifs is 1. The Balaban J connectivity index is 2.00. The minimum Gasteiger partial charge on any atom is -0.399 e. The molecule has 0 fully saturated rings. The van der Waals surface area contributed by atoms with Gasteiger partial charge in [0.15, 0.2) is 5.82 Å². The van der Waals surface area contributed by atoms with E-state index in [4.69, 9.17) is 5.73 Å². The monoisotopic (exact) mass is 242 g/mol. The zero-order valence-electron chi connectivity index (χ0n) is 10.1. The van der Waals surface area contributed by atoms with Gasteiger partial charge in [0.2, 0.25) is 0 Å². The fraction of sp³-hybridized carbons (Fsp3) is 0.250. The number of nitrogens with zero attached hydrogens (tertiary/aromatic N) is 5. The van der Waals surface area contributed by atoms with Gasteiger partial charge in [-0.15, -0.1) is 10.2 Å². The average molecular weight is 242 g/mol. The number of hydrogen-bond acceptors (Lipinski definition) is 4. The topological polar surface area (TPSA) is 74.5 Å². The van der Waals surface area contributed by atoms with E-state index in [2.05, 4.69) is 22.1 Å². The molecule has 2 heterocycles. The van der Waals surface area contributed by atoms with Crippen LogP contribution in [-0.2, 0) is 13.1 Å². The van der Waals surface area contributed by atoms with Gasteiger partial charge >= 0.3 is 0 Å². The van der Waals surface area contributed by atoms with Crippen molar-refractivity contribution in [3.8, 4) is 0 Å². The van der Waals surface area contributed by atoms with Crippen molar-refractivity contribution in [1.29, 1.82) is 0 Å². The van der Waals surface area contributed by atoms with Gasteiger partial charge in [-0.2, -0.15) is 0 Å². The second-order valence-corrected chi connectivity index (χ2v) is 4.15. The van der Waals surface area contributed by atoms with Crippen LogP contribution in [0.25, 0.3) is 11.0 Å². The lowest BCUT2D eigenvalue weighted by Crippen LogP contribution is -2.06. The Morgan fingerprint density at radius 1 is 1.22 bits per heavy atom. The first-order chi connectivity index (χ1) is 8.78. The molecule has 0 unspecified atom stereocenters. The highest BCUT2D eigenvalue weighted by atomic mass is 15.3. The number of aryl methyl sites for hydroxylation is 1. The largest absolute Gasteiger partial charge is 0.399 e. The van der Waals surface area contributed by atoms with Gasteiger partial charge in [0, 0.05) is 12.2 Å². The highest BCUT2D eigenvalue weighted by Gasteiger charge is 2.07. The second kappa shape index (κ2) is 4.14. The van der Waals surface area contributed by atoms with Crippen LogP contribution >= 0.6 is 0 Å². The smallest absolute Gasteiger partial charge is 0.152 e. The van der Waals surface area contributed by atoms with Gasteiger partial charge in [0.25, 0.3) is 0 Å². The summed E-state index contributed by atoms with van der Waals surface area (Å²) in [6.07, 6.45) is 3.55. The average Bonchev–Trinajstić information content (AvgIpc) is 2.96. The quantitative estimate of drug-likeness (QED) is 0.702. The van der Waals surface area contributed by atoms with Crippen molar-refractivity contribution in [2.24, 2.45) is 0 Å². The number of nitrogens with two attached hydrogens (primary N) is 1. The minimum atomic E-state index is 0.661. The van der Waals surface area contributed by atoms with Crippen LogP contribution in [0.4, 0.5) is 5.69 Å². The highest BCUT2D eigenvalue weighted by Crippen LogP contribution is 2.16. The lowest BCUT2D eigenvalue weighted by Gasteiger charge is -2.05. The third-order valence-corrected chi connectivity index (χ3v) is 2.99. The lowest BCUT2D eigenvalue weighted by molar-refractivity contribution is 0.659. The summed E-state index contributed by atoms with van der Waals surface area (Å²) < 4.78 is 4.06. The molecular formula is C12H14N6. The number of nitrogen functional groups attached to an aromatic ring is 1. The van der Waals surface area contributed by atoms with Crippen molar-refractivity contribution < 1.29 is 0 Å². The van der Waals surface area contributed by atoms with E-state index in [9.17, 15) is 0 Å². The second-order valence-electron chi connectivity index (χ2n) is 4.15. The van der Waals surface area contributed by atoms with Crippen molar-refractivity contribution in [3.63, 3.8) is 0 Å². The molecule has 6 heteroatoms. The Morgan fingerprint density at radius 3 is 2.94 bits per heavy atom. The zero-order valence-corrected chi connectivity index (χ0v) is 10.1. The minimum absolute atomic E-state index is 0.661. The van der Waals surface area contributed by atoms with Gasteiger partial charge in [0.1, 0.15) is 6.33 Å². The first-order valence-electron chi connectivity index (χ1n) is 5.85. The molecule has 2 aromatic heterocycles. The molecule has 0 amide bonds. The molecule has 0 atom stereocenters. The Kier molecular flexibility index (Phi) is 2.47. The zero-order chi connectivity index (χ0) is 12.5. The van der Waals surface area contributed by atoms with E-state index in [1.54, 1.807) is 12.7 Å². The number of anilines is 1. The number of hydrogen-bond donors (Lipinski definition) is 1. The standard InChI is InChI=1S/C12H14N6/c1-2-17-8-15-16-12(17)6-18-7-14-10-5-9(13)3-4-11(10)18/h3-5,7-8H,2,6,13H2,1H3. The van der Waals surface area contributed by atoms with Gasteiger partial charge in [0.05, 0.1) is 23.9 Å². The van der Waals surface area contributed by atoms with Crippen molar-refractivity contribution >= 4 is 16.7 Å². The molecule has 3 aromatic rings. The van der Waals surface area contributed by atoms with Crippen LogP contribution in [0, 0.1) is 0 Å². The van der Waals surface area contributed by atoms with Crippen LogP contribution < -0.4 is 5.73 Å². The Labute approximate surface area is 104 Å². The maximum atomic E-state index is 5.74. The number of benzene rings is 1. The highest BCUT2D eigenvalue weighted by molar-refractivity contribution is 5.78. The molecule has 0 aliphatic rings. The third-order valence-electron chi connectivity index (χ3n) is 2.99. The summed E-state index contributed by atoms with van der Waals surface area (Å²) in [5, 5.41) is 8.05. The van der Waals surface area contributed by atoms with Crippen LogP contribution in [0.3, 0.4) is 0 Å². The molecule has 0 radical (unpaired) electrons. The first kappa shape index (κ1) is 10.8. The molecule has 2 N–H and O–H groups in total. The lowest BCUT2D eigenvalue weighted by atomic mass is 10.3. The third kappa shape index (κ3) is 1.71. The van der Waals surface area contributed by atoms with E-state index < -0.39 is 0 Å². The number of rotatable bonds is 3. The van der Waals surface area contributed by atoms with Crippen molar-refractivity contribution in [2.75, 3.05) is 5.73 Å². The van der Waals surface area contributed by atoms with Crippen molar-refractivity contribution in [1.82, 2.24) is 24.3 Å². The van der Waals surface area contributed by atoms with Crippen LogP contribution in [-0.4, -0.2) is 24.3 Å². The van der Waals surface area contributed by atoms with Crippen LogP contribution in [0.5, 0.6) is 0 Å². The van der Waals surface area contributed by atoms with Crippen LogP contribution in [0.2, 0.25) is 0 Å². The summed E-state index contributed by atoms with van der Waals surface area (Å²) in [4.78, 5) is 4.34. The van der Waals surface area contributed by atoms with E-state index in [-0.39, 0.29) is 0 Å². The van der Waals surface area contributed by atoms with E-state index in [0.29, 0.717) is 6.54 Å². The van der Waals surface area contributed by atoms with E-state index >= 15 is 0 Å². The predicted octanol–water partition coefficient (Wildman–Crippen LogP) is 1.28. The molecule has 0 aliphatic heterocycles. The fourth-order valence-corrected chi connectivity index (χ4v) is 2.02. The Bertz CT molecular complexity index is 681. The molecule has 3 rings (SSSR count). The first-order valence-corrected chi connectivity index (χ1v) is 5.85. The molecular weight excluding hydrogens is 228 g/mol.